The van der Waals surface area contributed by atoms with Gasteiger partial charge in [-0.05, 0) is 37.0 Å². The molecule has 0 saturated carbocycles. The molecule has 0 aliphatic carbocycles. The summed E-state index contributed by atoms with van der Waals surface area (Å²) < 4.78 is 26.1. The van der Waals surface area contributed by atoms with Crippen LogP contribution in [0.2, 0.25) is 0 Å². The molecule has 2 aliphatic heterocycles. The van der Waals surface area contributed by atoms with Crippen LogP contribution >= 0.6 is 0 Å². The Bertz CT molecular complexity index is 1650. The highest BCUT2D eigenvalue weighted by Crippen LogP contribution is 2.39. The van der Waals surface area contributed by atoms with E-state index < -0.39 is 10.0 Å². The van der Waals surface area contributed by atoms with Crippen LogP contribution in [0.5, 0.6) is 0 Å². The maximum Gasteiger partial charge on any atom is 0.250 e. The number of piperidine rings is 1. The number of aromatic nitrogens is 3. The van der Waals surface area contributed by atoms with Gasteiger partial charge in [-0.25, -0.2) is 13.6 Å². The molecule has 0 radical (unpaired) electrons. The van der Waals surface area contributed by atoms with Crippen molar-refractivity contribution >= 4 is 26.6 Å². The molecule has 2 aromatic carbocycles. The highest BCUT2D eigenvalue weighted by Gasteiger charge is 2.35. The van der Waals surface area contributed by atoms with Crippen molar-refractivity contribution in [1.82, 2.24) is 14.8 Å². The van der Waals surface area contributed by atoms with Crippen molar-refractivity contribution in [1.29, 1.82) is 0 Å². The number of sulfonamides is 1. The molecule has 35 heavy (non-hydrogen) atoms. The number of nitrogens with zero attached hydrogens (tertiary/aromatic N) is 4. The largest absolute Gasteiger partial charge is 0.354 e. The number of aryl methyl sites for hydroxylation is 1. The molecule has 1 saturated heterocycles. The number of nitrogens with two attached hydrogens (primary N) is 1. The molecule has 0 unspecified atom stereocenters. The van der Waals surface area contributed by atoms with E-state index in [1.807, 2.05) is 41.0 Å². The van der Waals surface area contributed by atoms with E-state index in [-0.39, 0.29) is 16.4 Å². The topological polar surface area (TPSA) is 111 Å². The maximum atomic E-state index is 12.4. The molecule has 4 heterocycles. The van der Waals surface area contributed by atoms with E-state index in [0.717, 1.165) is 41.8 Å². The number of primary sulfonamides is 1. The minimum atomic E-state index is -3.86. The van der Waals surface area contributed by atoms with Gasteiger partial charge in [-0.3, -0.25) is 4.79 Å². The predicted molar refractivity (Wildman–Crippen MR) is 135 cm³/mol. The third kappa shape index (κ3) is 3.71. The van der Waals surface area contributed by atoms with E-state index in [9.17, 15) is 13.2 Å². The fourth-order valence-electron chi connectivity index (χ4n) is 5.66. The first-order valence-corrected chi connectivity index (χ1v) is 13.2. The molecule has 0 amide bonds. The van der Waals surface area contributed by atoms with Crippen LogP contribution in [0.1, 0.15) is 23.6 Å². The Balaban J connectivity index is 1.44. The van der Waals surface area contributed by atoms with E-state index >= 15 is 0 Å². The van der Waals surface area contributed by atoms with Crippen LogP contribution < -0.4 is 15.6 Å². The minimum Gasteiger partial charge on any atom is -0.354 e. The molecule has 2 atom stereocenters. The van der Waals surface area contributed by atoms with E-state index in [0.29, 0.717) is 29.3 Å². The quantitative estimate of drug-likeness (QED) is 0.476. The van der Waals surface area contributed by atoms with Gasteiger partial charge in [-0.2, -0.15) is 0 Å². The van der Waals surface area contributed by atoms with Gasteiger partial charge < -0.3 is 9.47 Å². The predicted octanol–water partition coefficient (Wildman–Crippen LogP) is 3.04. The molecule has 2 aliphatic rings. The number of benzene rings is 2. The Labute approximate surface area is 203 Å². The molecule has 1 fully saturated rings. The van der Waals surface area contributed by atoms with Crippen molar-refractivity contribution in [2.45, 2.75) is 30.7 Å². The lowest BCUT2D eigenvalue weighted by molar-refractivity contribution is 0.280. The molecular weight excluding hydrogens is 462 g/mol. The highest BCUT2D eigenvalue weighted by molar-refractivity contribution is 7.89. The Morgan fingerprint density at radius 1 is 0.943 bits per heavy atom. The van der Waals surface area contributed by atoms with Crippen LogP contribution in [0, 0.1) is 12.8 Å². The molecule has 178 valence electrons. The van der Waals surface area contributed by atoms with Gasteiger partial charge in [0.2, 0.25) is 10.0 Å². The van der Waals surface area contributed by atoms with E-state index in [1.165, 1.54) is 0 Å². The van der Waals surface area contributed by atoms with Crippen LogP contribution in [-0.4, -0.2) is 36.3 Å². The van der Waals surface area contributed by atoms with Gasteiger partial charge in [-0.15, -0.1) is 10.2 Å². The van der Waals surface area contributed by atoms with Gasteiger partial charge in [0.05, 0.1) is 4.90 Å². The second-order valence-corrected chi connectivity index (χ2v) is 11.1. The molecule has 4 aromatic rings. The lowest BCUT2D eigenvalue weighted by Gasteiger charge is -2.43. The van der Waals surface area contributed by atoms with Gasteiger partial charge >= 0.3 is 0 Å². The molecular formula is C26H25N5O3S. The summed E-state index contributed by atoms with van der Waals surface area (Å²) >= 11 is 0. The van der Waals surface area contributed by atoms with Crippen molar-refractivity contribution in [2.24, 2.45) is 11.1 Å². The summed E-state index contributed by atoms with van der Waals surface area (Å²) in [6.45, 7) is 3.99. The van der Waals surface area contributed by atoms with E-state index in [2.05, 4.69) is 21.2 Å². The molecule has 2 bridgehead atoms. The van der Waals surface area contributed by atoms with E-state index in [1.54, 1.807) is 25.1 Å². The average molecular weight is 488 g/mol. The molecule has 2 N–H and O–H groups in total. The van der Waals surface area contributed by atoms with Crippen LogP contribution in [0.25, 0.3) is 22.0 Å². The number of anilines is 1. The Morgan fingerprint density at radius 3 is 2.54 bits per heavy atom. The summed E-state index contributed by atoms with van der Waals surface area (Å²) in [7, 11) is -3.86. The first-order chi connectivity index (χ1) is 16.8. The minimum absolute atomic E-state index is 0.0669. The number of hydrogen-bond donors (Lipinski definition) is 1. The first kappa shape index (κ1) is 21.9. The number of fused-ring (bicyclic) bond motifs is 5. The lowest BCUT2D eigenvalue weighted by atomic mass is 9.83. The van der Waals surface area contributed by atoms with Crippen LogP contribution in [-0.2, 0) is 16.6 Å². The summed E-state index contributed by atoms with van der Waals surface area (Å²) in [6, 6.07) is 18.6. The zero-order valence-electron chi connectivity index (χ0n) is 19.3. The second-order valence-electron chi connectivity index (χ2n) is 9.55. The van der Waals surface area contributed by atoms with Gasteiger partial charge in [0, 0.05) is 53.6 Å². The molecule has 9 heteroatoms. The normalized spacial score (nSPS) is 19.5. The summed E-state index contributed by atoms with van der Waals surface area (Å²) in [5, 5.41) is 16.5. The summed E-state index contributed by atoms with van der Waals surface area (Å²) in [6.07, 6.45) is 1.06. The van der Waals surface area contributed by atoms with Crippen molar-refractivity contribution in [3.05, 3.63) is 82.3 Å². The molecule has 6 rings (SSSR count). The van der Waals surface area contributed by atoms with Gasteiger partial charge in [0.1, 0.15) is 5.69 Å². The van der Waals surface area contributed by atoms with Gasteiger partial charge in [0.15, 0.2) is 5.82 Å². The van der Waals surface area contributed by atoms with Crippen LogP contribution in [0.4, 0.5) is 5.82 Å². The van der Waals surface area contributed by atoms with Crippen molar-refractivity contribution in [3.8, 4) is 11.3 Å². The van der Waals surface area contributed by atoms with Gasteiger partial charge in [0.25, 0.3) is 5.56 Å². The van der Waals surface area contributed by atoms with Crippen molar-refractivity contribution in [3.63, 3.8) is 0 Å². The molecule has 0 spiro atoms. The number of pyridine rings is 1. The van der Waals surface area contributed by atoms with Crippen LogP contribution in [0.15, 0.2) is 70.4 Å². The fourth-order valence-corrected chi connectivity index (χ4v) is 6.47. The fraction of sp³-hybridized carbons (Fsp3) is 0.269. The Morgan fingerprint density at radius 2 is 1.74 bits per heavy atom. The SMILES string of the molecule is Cc1ccc(-c2nnc(N3C[C@H]4C[C@@H](C3)c3cccc(=O)n3C4)c3ccccc23)cc1S(N)(=O)=O. The lowest BCUT2D eigenvalue weighted by Crippen LogP contribution is -2.47. The highest BCUT2D eigenvalue weighted by atomic mass is 32.2. The Hall–Kier alpha value is -3.56. The number of rotatable bonds is 3. The molecule has 2 aromatic heterocycles. The van der Waals surface area contributed by atoms with E-state index in [4.69, 9.17) is 5.14 Å². The monoisotopic (exact) mass is 487 g/mol. The first-order valence-electron chi connectivity index (χ1n) is 11.6. The standard InChI is InChI=1S/C26H25N5O3S/c1-16-9-10-18(12-23(16)35(27,33)34)25-20-5-2-3-6-21(20)26(29-28-25)30-13-17-11-19(15-30)22-7-4-8-24(32)31(22)14-17/h2-10,12,17,19H,11,13-15H2,1H3,(H2,27,33,34)/t17-,19+/m1/s1. The zero-order valence-corrected chi connectivity index (χ0v) is 20.1. The average Bonchev–Trinajstić information content (AvgIpc) is 2.84. The van der Waals surface area contributed by atoms with Crippen molar-refractivity contribution in [2.75, 3.05) is 18.0 Å². The second kappa shape index (κ2) is 8.00. The Kier molecular flexibility index (Phi) is 5.01. The van der Waals surface area contributed by atoms with Crippen molar-refractivity contribution < 1.29 is 8.42 Å². The maximum absolute atomic E-state index is 12.4. The van der Waals surface area contributed by atoms with Crippen LogP contribution in [0.3, 0.4) is 0 Å². The summed E-state index contributed by atoms with van der Waals surface area (Å²) in [5.74, 6) is 1.42. The third-order valence-corrected chi connectivity index (χ3v) is 8.27. The zero-order chi connectivity index (χ0) is 24.3. The number of hydrogen-bond acceptors (Lipinski definition) is 6. The molecule has 8 nitrogen and oxygen atoms in total. The third-order valence-electron chi connectivity index (χ3n) is 7.22. The smallest absolute Gasteiger partial charge is 0.250 e. The van der Waals surface area contributed by atoms with Gasteiger partial charge in [-0.1, -0.05) is 42.5 Å². The summed E-state index contributed by atoms with van der Waals surface area (Å²) in [4.78, 5) is 14.7. The summed E-state index contributed by atoms with van der Waals surface area (Å²) in [5.41, 5.74) is 3.01.